The van der Waals surface area contributed by atoms with Crippen molar-refractivity contribution in [1.82, 2.24) is 19.6 Å². The van der Waals surface area contributed by atoms with E-state index in [0.29, 0.717) is 19.6 Å². The molecule has 0 bridgehead atoms. The molecule has 0 spiro atoms. The van der Waals surface area contributed by atoms with Gasteiger partial charge in [-0.1, -0.05) is 90.4 Å². The number of hydrogen-bond donors (Lipinski definition) is 6. The van der Waals surface area contributed by atoms with Crippen molar-refractivity contribution in [3.63, 3.8) is 0 Å². The molecule has 1 amide bonds. The van der Waals surface area contributed by atoms with Gasteiger partial charge in [0.25, 0.3) is 5.91 Å². The predicted octanol–water partition coefficient (Wildman–Crippen LogP) is 4.57. The Labute approximate surface area is 306 Å². The van der Waals surface area contributed by atoms with E-state index in [1.54, 1.807) is 6.92 Å². The fraction of sp³-hybridized carbons (Fsp3) is 0.771. The molecule has 2 aromatic heterocycles. The van der Waals surface area contributed by atoms with Gasteiger partial charge in [-0.3, -0.25) is 14.1 Å². The van der Waals surface area contributed by atoms with Gasteiger partial charge in [-0.25, -0.2) is 19.6 Å². The number of nitrogen functional groups attached to an aromatic ring is 1. The van der Waals surface area contributed by atoms with Crippen LogP contribution in [0.4, 0.5) is 5.82 Å². The molecule has 1 saturated heterocycles. The Morgan fingerprint density at radius 1 is 0.942 bits per heavy atom. The lowest BCUT2D eigenvalue weighted by Gasteiger charge is -2.20. The van der Waals surface area contributed by atoms with Crippen molar-refractivity contribution < 1.29 is 48.0 Å². The van der Waals surface area contributed by atoms with Crippen molar-refractivity contribution in [2.45, 2.75) is 148 Å². The van der Waals surface area contributed by atoms with E-state index in [-0.39, 0.29) is 34.8 Å². The molecule has 2 aromatic rings. The average Bonchev–Trinajstić information content (AvgIpc) is 3.61. The number of rotatable bonds is 27. The Morgan fingerprint density at radius 3 is 2.12 bits per heavy atom. The summed E-state index contributed by atoms with van der Waals surface area (Å²) in [5.74, 6) is -1.30. The number of nitrogens with one attached hydrogen (secondary N) is 1. The van der Waals surface area contributed by atoms with Crippen LogP contribution in [0.15, 0.2) is 6.20 Å². The minimum Gasteiger partial charge on any atom is -0.464 e. The fourth-order valence-corrected chi connectivity index (χ4v) is 7.25. The number of aliphatic hydroxyl groups excluding tert-OH is 2. The summed E-state index contributed by atoms with van der Waals surface area (Å²) in [5.41, 5.74) is 11.6. The second-order valence-corrected chi connectivity index (χ2v) is 15.2. The maximum Gasteiger partial charge on any atom is 0.403 e. The molecule has 16 nitrogen and oxygen atoms in total. The lowest BCUT2D eigenvalue weighted by Crippen LogP contribution is -2.36. The molecule has 0 saturated carbocycles. The molecule has 0 aromatic carbocycles. The Balaban J connectivity index is 1.27. The highest BCUT2D eigenvalue weighted by molar-refractivity contribution is 7.50. The van der Waals surface area contributed by atoms with Crippen LogP contribution in [0.1, 0.15) is 133 Å². The fourth-order valence-electron chi connectivity index (χ4n) is 6.24. The molecule has 2 unspecified atom stereocenters. The zero-order valence-corrected chi connectivity index (χ0v) is 31.9. The number of unbranched alkanes of at least 4 members (excludes halogenated alkanes) is 13. The van der Waals surface area contributed by atoms with Crippen molar-refractivity contribution in [3.8, 4) is 0 Å². The van der Waals surface area contributed by atoms with Gasteiger partial charge < -0.3 is 45.4 Å². The zero-order chi connectivity index (χ0) is 38.1. The van der Waals surface area contributed by atoms with E-state index in [2.05, 4.69) is 22.0 Å². The molecule has 296 valence electrons. The topological polar surface area (TPSA) is 244 Å². The monoisotopic (exact) mass is 756 g/mol. The Morgan fingerprint density at radius 2 is 1.52 bits per heavy atom. The first-order valence-electron chi connectivity index (χ1n) is 18.8. The molecule has 6 atom stereocenters. The number of aliphatic hydroxyl groups is 2. The molecule has 3 rings (SSSR count). The van der Waals surface area contributed by atoms with Gasteiger partial charge in [0, 0.05) is 25.8 Å². The largest absolute Gasteiger partial charge is 0.464 e. The van der Waals surface area contributed by atoms with Crippen LogP contribution in [0.5, 0.6) is 0 Å². The van der Waals surface area contributed by atoms with Gasteiger partial charge in [-0.15, -0.1) is 0 Å². The number of anilines is 1. The molecule has 1 aliphatic heterocycles. The van der Waals surface area contributed by atoms with Gasteiger partial charge >= 0.3 is 13.7 Å². The van der Waals surface area contributed by atoms with Crippen LogP contribution < -0.4 is 16.6 Å². The SMILES string of the molecule is CCCCCCCCCCCCCCCCOCCCOC(=O)[C@H](C)NP(=O)(O)OC[C@H]1OC(n2cc(C(N)=O)c3c(N)nc(C)nc32)[C@H](O)[C@@H]1O. The second kappa shape index (κ2) is 22.5. The number of ether oxygens (including phenoxy) is 3. The number of carbonyl (C=O) groups is 2. The normalized spacial score (nSPS) is 20.7. The molecular formula is C35H61N6O10P. The number of fused-ring (bicyclic) bond motifs is 1. The highest BCUT2D eigenvalue weighted by Gasteiger charge is 2.45. The van der Waals surface area contributed by atoms with Gasteiger partial charge in [0.2, 0.25) is 0 Å². The summed E-state index contributed by atoms with van der Waals surface area (Å²) in [4.78, 5) is 43.1. The molecule has 1 aliphatic rings. The van der Waals surface area contributed by atoms with Crippen molar-refractivity contribution in [1.29, 1.82) is 0 Å². The Bertz CT molecular complexity index is 1440. The molecule has 52 heavy (non-hydrogen) atoms. The van der Waals surface area contributed by atoms with Gasteiger partial charge in [0.15, 0.2) is 6.23 Å². The molecule has 17 heteroatoms. The number of carbonyl (C=O) groups excluding carboxylic acids is 2. The number of nitrogens with zero attached hydrogens (tertiary/aromatic N) is 3. The van der Waals surface area contributed by atoms with Gasteiger partial charge in [0.05, 0.1) is 24.2 Å². The van der Waals surface area contributed by atoms with Crippen molar-refractivity contribution in [3.05, 3.63) is 17.6 Å². The first-order chi connectivity index (χ1) is 24.9. The van der Waals surface area contributed by atoms with Crippen molar-refractivity contribution >= 4 is 36.5 Å². The predicted molar refractivity (Wildman–Crippen MR) is 196 cm³/mol. The summed E-state index contributed by atoms with van der Waals surface area (Å²) in [7, 11) is -4.59. The van der Waals surface area contributed by atoms with E-state index in [1.165, 1.54) is 94.7 Å². The van der Waals surface area contributed by atoms with E-state index in [4.69, 9.17) is 30.2 Å². The third-order valence-electron chi connectivity index (χ3n) is 9.13. The van der Waals surface area contributed by atoms with Crippen LogP contribution in [-0.4, -0.2) is 92.3 Å². The third-order valence-corrected chi connectivity index (χ3v) is 10.3. The van der Waals surface area contributed by atoms with Crippen LogP contribution >= 0.6 is 7.75 Å². The van der Waals surface area contributed by atoms with Crippen molar-refractivity contribution in [2.75, 3.05) is 32.2 Å². The smallest absolute Gasteiger partial charge is 0.403 e. The summed E-state index contributed by atoms with van der Waals surface area (Å²) in [6.45, 7) is 5.73. The van der Waals surface area contributed by atoms with Crippen LogP contribution in [-0.2, 0) is 28.1 Å². The molecule has 3 heterocycles. The lowest BCUT2D eigenvalue weighted by molar-refractivity contribution is -0.145. The third kappa shape index (κ3) is 13.9. The number of aromatic nitrogens is 3. The zero-order valence-electron chi connectivity index (χ0n) is 31.0. The maximum atomic E-state index is 12.7. The first-order valence-corrected chi connectivity index (χ1v) is 20.4. The maximum absolute atomic E-state index is 12.7. The molecule has 0 aliphatic carbocycles. The van der Waals surface area contributed by atoms with E-state index >= 15 is 0 Å². The van der Waals surface area contributed by atoms with Gasteiger partial charge in [-0.2, -0.15) is 0 Å². The molecule has 0 radical (unpaired) electrons. The summed E-state index contributed by atoms with van der Waals surface area (Å²) in [6, 6.07) is -1.19. The molecule has 8 N–H and O–H groups in total. The first kappa shape index (κ1) is 43.7. The quantitative estimate of drug-likeness (QED) is 0.0416. The highest BCUT2D eigenvalue weighted by Crippen LogP contribution is 2.40. The summed E-state index contributed by atoms with van der Waals surface area (Å²) < 4.78 is 35.7. The standard InChI is InChI=1S/C35H61N6O10P/c1-4-5-6-7-8-9-10-11-12-13-14-15-16-17-19-48-20-18-21-49-35(45)24(2)40-52(46,47)50-23-27-29(42)30(43)34(51-27)41-22-26(32(37)44)28-31(36)38-25(3)39-33(28)41/h22,24,27,29-30,34,42-43H,4-21,23H2,1-3H3,(H2,37,44)(H2,36,38,39)(H2,40,46,47)/t24-,27+,29+,30+,34?/m0/s1. The second-order valence-electron chi connectivity index (χ2n) is 13.6. The van der Waals surface area contributed by atoms with Crippen molar-refractivity contribution in [2.24, 2.45) is 5.73 Å². The Kier molecular flexibility index (Phi) is 18.9. The molecular weight excluding hydrogens is 695 g/mol. The van der Waals surface area contributed by atoms with Gasteiger partial charge in [0.1, 0.15) is 41.6 Å². The number of aryl methyl sites for hydroxylation is 1. The summed E-state index contributed by atoms with van der Waals surface area (Å²) in [5, 5.41) is 23.8. The summed E-state index contributed by atoms with van der Waals surface area (Å²) in [6.07, 6.45) is 14.3. The molecule has 1 fully saturated rings. The average molecular weight is 757 g/mol. The van der Waals surface area contributed by atoms with Crippen LogP contribution in [0.2, 0.25) is 0 Å². The minimum atomic E-state index is -4.59. The number of primary amides is 1. The number of hydrogen-bond acceptors (Lipinski definition) is 12. The van der Waals surface area contributed by atoms with Crippen LogP contribution in [0.3, 0.4) is 0 Å². The van der Waals surface area contributed by atoms with E-state index in [0.717, 1.165) is 12.8 Å². The van der Waals surface area contributed by atoms with Crippen LogP contribution in [0, 0.1) is 6.92 Å². The Hall–Kier alpha value is -2.69. The van der Waals surface area contributed by atoms with E-state index < -0.39 is 56.8 Å². The lowest BCUT2D eigenvalue weighted by atomic mass is 10.0. The number of nitrogens with two attached hydrogens (primary N) is 2. The van der Waals surface area contributed by atoms with Gasteiger partial charge in [-0.05, 0) is 20.3 Å². The minimum absolute atomic E-state index is 0.00774. The number of esters is 1. The van der Waals surface area contributed by atoms with E-state index in [1.807, 2.05) is 0 Å². The summed E-state index contributed by atoms with van der Waals surface area (Å²) >= 11 is 0. The number of amides is 1. The van der Waals surface area contributed by atoms with E-state index in [9.17, 15) is 29.3 Å². The highest BCUT2D eigenvalue weighted by atomic mass is 31.2. The van der Waals surface area contributed by atoms with Crippen LogP contribution in [0.25, 0.3) is 11.0 Å².